The number of nitrogens with zero attached hydrogens (tertiary/aromatic N) is 6. The van der Waals surface area contributed by atoms with Crippen LogP contribution in [0.1, 0.15) is 43.9 Å². The first-order valence-corrected chi connectivity index (χ1v) is 7.31. The predicted octanol–water partition coefficient (Wildman–Crippen LogP) is 1.73. The molecular weight excluding hydrogens is 288 g/mol. The smallest absolute Gasteiger partial charge is 0.350 e. The lowest BCUT2D eigenvalue weighted by Gasteiger charge is -2.13. The first-order valence-electron chi connectivity index (χ1n) is 7.31. The molecule has 0 amide bonds. The third kappa shape index (κ3) is 2.42. The Morgan fingerprint density at radius 1 is 1.36 bits per heavy atom. The average Bonchev–Trinajstić information content (AvgIpc) is 3.05. The number of rotatable bonds is 4. The maximum atomic E-state index is 11.0. The van der Waals surface area contributed by atoms with Gasteiger partial charge in [0.25, 0.3) is 0 Å². The van der Waals surface area contributed by atoms with Crippen molar-refractivity contribution in [2.24, 2.45) is 0 Å². The summed E-state index contributed by atoms with van der Waals surface area (Å²) in [6, 6.07) is -0.248. The minimum atomic E-state index is -0.501. The van der Waals surface area contributed by atoms with Gasteiger partial charge >= 0.3 is 11.6 Å². The van der Waals surface area contributed by atoms with E-state index in [1.54, 1.807) is 0 Å². The van der Waals surface area contributed by atoms with Crippen molar-refractivity contribution in [2.75, 3.05) is 7.11 Å². The Bertz CT molecular complexity index is 692. The molecule has 118 valence electrons. The highest BCUT2D eigenvalue weighted by Crippen LogP contribution is 2.28. The Morgan fingerprint density at radius 2 is 2.18 bits per heavy atom. The molecule has 0 aliphatic carbocycles. The molecule has 1 aliphatic heterocycles. The molecule has 3 rings (SSSR count). The molecule has 0 spiro atoms. The predicted molar refractivity (Wildman–Crippen MR) is 76.8 cm³/mol. The molecule has 0 fully saturated rings. The highest BCUT2D eigenvalue weighted by molar-refractivity contribution is 5.38. The Morgan fingerprint density at radius 3 is 2.86 bits per heavy atom. The summed E-state index contributed by atoms with van der Waals surface area (Å²) in [5.74, 6) is 1.76. The van der Waals surface area contributed by atoms with Gasteiger partial charge in [0.2, 0.25) is 0 Å². The maximum absolute atomic E-state index is 11.0. The van der Waals surface area contributed by atoms with E-state index in [1.807, 2.05) is 6.92 Å². The van der Waals surface area contributed by atoms with Gasteiger partial charge in [0.05, 0.1) is 12.0 Å². The van der Waals surface area contributed by atoms with E-state index in [0.29, 0.717) is 0 Å². The summed E-state index contributed by atoms with van der Waals surface area (Å²) in [6.07, 6.45) is 5.68. The van der Waals surface area contributed by atoms with Crippen LogP contribution in [0, 0.1) is 10.1 Å². The van der Waals surface area contributed by atoms with E-state index in [0.717, 1.165) is 37.5 Å². The number of hydrogen-bond donors (Lipinski definition) is 0. The fourth-order valence-electron chi connectivity index (χ4n) is 2.77. The van der Waals surface area contributed by atoms with E-state index in [1.165, 1.54) is 24.4 Å². The van der Waals surface area contributed by atoms with E-state index in [-0.39, 0.29) is 17.6 Å². The van der Waals surface area contributed by atoms with Gasteiger partial charge in [-0.05, 0) is 19.8 Å². The first kappa shape index (κ1) is 14.5. The Kier molecular flexibility index (Phi) is 3.78. The van der Waals surface area contributed by atoms with Crippen molar-refractivity contribution < 1.29 is 9.66 Å². The lowest BCUT2D eigenvalue weighted by molar-refractivity contribution is -0.385. The van der Waals surface area contributed by atoms with E-state index in [4.69, 9.17) is 4.74 Å². The second-order valence-corrected chi connectivity index (χ2v) is 5.37. The third-order valence-electron chi connectivity index (χ3n) is 3.98. The Labute approximate surface area is 127 Å². The molecule has 0 saturated heterocycles. The molecule has 1 aliphatic rings. The fourth-order valence-corrected chi connectivity index (χ4v) is 2.77. The minimum absolute atomic E-state index is 0.00690. The average molecular weight is 306 g/mol. The van der Waals surface area contributed by atoms with Crippen LogP contribution in [0.15, 0.2) is 6.20 Å². The van der Waals surface area contributed by atoms with E-state index in [9.17, 15) is 10.1 Å². The number of aryl methyl sites for hydroxylation is 1. The summed E-state index contributed by atoms with van der Waals surface area (Å²) in [6.45, 7) is 2.78. The number of methoxy groups -OCH3 is 1. The molecule has 0 aromatic carbocycles. The van der Waals surface area contributed by atoms with Gasteiger partial charge in [0.15, 0.2) is 5.82 Å². The first-order chi connectivity index (χ1) is 10.6. The van der Waals surface area contributed by atoms with Crippen molar-refractivity contribution >= 4 is 5.69 Å². The summed E-state index contributed by atoms with van der Waals surface area (Å²) in [4.78, 5) is 10.5. The normalized spacial score (nSPS) is 15.9. The van der Waals surface area contributed by atoms with Crippen LogP contribution in [-0.4, -0.2) is 36.6 Å². The van der Waals surface area contributed by atoms with E-state index in [2.05, 4.69) is 19.9 Å². The summed E-state index contributed by atoms with van der Waals surface area (Å²) in [7, 11) is 1.37. The number of hydrogen-bond acceptors (Lipinski definition) is 6. The highest BCUT2D eigenvalue weighted by atomic mass is 16.6. The monoisotopic (exact) mass is 306 g/mol. The molecule has 9 nitrogen and oxygen atoms in total. The third-order valence-corrected chi connectivity index (χ3v) is 3.98. The topological polar surface area (TPSA) is 101 Å². The molecule has 0 unspecified atom stereocenters. The molecule has 1 atom stereocenters. The fraction of sp³-hybridized carbons (Fsp3) is 0.615. The van der Waals surface area contributed by atoms with Gasteiger partial charge in [0, 0.05) is 13.0 Å². The second-order valence-electron chi connectivity index (χ2n) is 5.37. The van der Waals surface area contributed by atoms with Crippen LogP contribution in [0.5, 0.6) is 5.88 Å². The van der Waals surface area contributed by atoms with Gasteiger partial charge < -0.3 is 9.30 Å². The van der Waals surface area contributed by atoms with Crippen LogP contribution in [0.2, 0.25) is 0 Å². The number of aromatic nitrogens is 5. The molecule has 2 aromatic rings. The molecule has 0 N–H and O–H groups in total. The van der Waals surface area contributed by atoms with Crippen LogP contribution >= 0.6 is 0 Å². The molecule has 3 heterocycles. The van der Waals surface area contributed by atoms with Crippen molar-refractivity contribution in [3.63, 3.8) is 0 Å². The second kappa shape index (κ2) is 5.74. The van der Waals surface area contributed by atoms with Crippen LogP contribution in [0.3, 0.4) is 0 Å². The molecule has 0 saturated carbocycles. The van der Waals surface area contributed by atoms with Crippen LogP contribution < -0.4 is 4.74 Å². The van der Waals surface area contributed by atoms with Crippen LogP contribution in [-0.2, 0) is 13.0 Å². The summed E-state index contributed by atoms with van der Waals surface area (Å²) in [5.41, 5.74) is -0.148. The van der Waals surface area contributed by atoms with Gasteiger partial charge in [-0.3, -0.25) is 14.8 Å². The van der Waals surface area contributed by atoms with Crippen molar-refractivity contribution in [2.45, 2.75) is 45.2 Å². The quantitative estimate of drug-likeness (QED) is 0.629. The molecule has 9 heteroatoms. The van der Waals surface area contributed by atoms with Crippen molar-refractivity contribution in [3.05, 3.63) is 28.0 Å². The van der Waals surface area contributed by atoms with E-state index >= 15 is 0 Å². The zero-order valence-corrected chi connectivity index (χ0v) is 12.6. The summed E-state index contributed by atoms with van der Waals surface area (Å²) >= 11 is 0. The summed E-state index contributed by atoms with van der Waals surface area (Å²) in [5, 5.41) is 23.7. The van der Waals surface area contributed by atoms with Crippen LogP contribution in [0.4, 0.5) is 5.69 Å². The number of ether oxygens (including phenoxy) is 1. The lowest BCUT2D eigenvalue weighted by Crippen LogP contribution is -2.15. The highest BCUT2D eigenvalue weighted by Gasteiger charge is 2.26. The maximum Gasteiger partial charge on any atom is 0.350 e. The standard InChI is InChI=1S/C13H18N6O3/c1-9(18-8-10(19(20)21)13(16-18)22-2)12-15-14-11-6-4-3-5-7-17(11)12/h8-9H,3-7H2,1-2H3/t9-/m1/s1. The number of nitro groups is 1. The van der Waals surface area contributed by atoms with Gasteiger partial charge in [-0.1, -0.05) is 6.42 Å². The van der Waals surface area contributed by atoms with Gasteiger partial charge in [-0.15, -0.1) is 15.3 Å². The molecule has 0 radical (unpaired) electrons. The molecule has 22 heavy (non-hydrogen) atoms. The van der Waals surface area contributed by atoms with Gasteiger partial charge in [-0.2, -0.15) is 0 Å². The largest absolute Gasteiger partial charge is 0.475 e. The number of fused-ring (bicyclic) bond motifs is 1. The lowest BCUT2D eigenvalue weighted by atomic mass is 10.2. The molecule has 0 bridgehead atoms. The van der Waals surface area contributed by atoms with Crippen molar-refractivity contribution in [1.82, 2.24) is 24.5 Å². The van der Waals surface area contributed by atoms with Gasteiger partial charge in [0.1, 0.15) is 18.1 Å². The molecule has 2 aromatic heterocycles. The van der Waals surface area contributed by atoms with Crippen LogP contribution in [0.25, 0.3) is 0 Å². The van der Waals surface area contributed by atoms with Gasteiger partial charge in [-0.25, -0.2) is 0 Å². The zero-order valence-electron chi connectivity index (χ0n) is 12.6. The van der Waals surface area contributed by atoms with E-state index < -0.39 is 4.92 Å². The summed E-state index contributed by atoms with van der Waals surface area (Å²) < 4.78 is 8.59. The minimum Gasteiger partial charge on any atom is -0.475 e. The Hall–Kier alpha value is -2.45. The Balaban J connectivity index is 1.96. The molecular formula is C13H18N6O3. The van der Waals surface area contributed by atoms with Crippen molar-refractivity contribution in [1.29, 1.82) is 0 Å². The zero-order chi connectivity index (χ0) is 15.7. The van der Waals surface area contributed by atoms with Crippen molar-refractivity contribution in [3.8, 4) is 5.88 Å². The SMILES string of the molecule is COc1nn([C@H](C)c2nnc3n2CCCCC3)cc1[N+](=O)[O-].